The van der Waals surface area contributed by atoms with Crippen molar-refractivity contribution in [1.82, 2.24) is 25.0 Å². The first-order chi connectivity index (χ1) is 16.7. The second kappa shape index (κ2) is 12.3. The van der Waals surface area contributed by atoms with E-state index in [1.54, 1.807) is 18.4 Å². The van der Waals surface area contributed by atoms with Crippen LogP contribution < -0.4 is 11.1 Å². The zero-order valence-corrected chi connectivity index (χ0v) is 21.2. The molecule has 2 unspecified atom stereocenters. The smallest absolute Gasteiger partial charge is 0.409 e. The number of aliphatic hydroxyl groups is 1. The first-order valence-electron chi connectivity index (χ1n) is 11.5. The number of carbonyl (C=O) groups is 2. The average molecular weight is 507 g/mol. The topological polar surface area (TPSA) is 145 Å². The summed E-state index contributed by atoms with van der Waals surface area (Å²) in [5.74, 6) is 0.123. The van der Waals surface area contributed by atoms with Gasteiger partial charge in [-0.15, -0.1) is 10.2 Å². The molecule has 35 heavy (non-hydrogen) atoms. The highest BCUT2D eigenvalue weighted by Gasteiger charge is 2.29. The van der Waals surface area contributed by atoms with Gasteiger partial charge in [0.1, 0.15) is 12.6 Å². The number of aromatic nitrogens is 3. The van der Waals surface area contributed by atoms with Gasteiger partial charge in [0.15, 0.2) is 11.0 Å². The molecule has 3 rings (SSSR count). The maximum atomic E-state index is 12.7. The molecule has 1 saturated heterocycles. The molecule has 0 spiro atoms. The van der Waals surface area contributed by atoms with Gasteiger partial charge in [0.2, 0.25) is 5.91 Å². The fraction of sp³-hybridized carbons (Fsp3) is 0.565. The molecule has 4 N–H and O–H groups in total. The van der Waals surface area contributed by atoms with Crippen molar-refractivity contribution < 1.29 is 24.2 Å². The maximum absolute atomic E-state index is 12.7. The lowest BCUT2D eigenvalue weighted by Gasteiger charge is -2.24. The molecule has 0 aliphatic carbocycles. The number of carbonyl (C=O) groups excluding carboxylic acids is 2. The number of ether oxygens (including phenoxy) is 2. The van der Waals surface area contributed by atoms with Crippen LogP contribution in [0.3, 0.4) is 0 Å². The minimum absolute atomic E-state index is 0.0813. The number of rotatable bonds is 11. The maximum Gasteiger partial charge on any atom is 0.409 e. The van der Waals surface area contributed by atoms with E-state index in [-0.39, 0.29) is 32.2 Å². The predicted octanol–water partition coefficient (Wildman–Crippen LogP) is 1.31. The lowest BCUT2D eigenvalue weighted by atomic mass is 10.1. The molecule has 192 valence electrons. The number of hydrogen-bond acceptors (Lipinski definition) is 9. The summed E-state index contributed by atoms with van der Waals surface area (Å²) >= 11 is 1.39. The van der Waals surface area contributed by atoms with E-state index < -0.39 is 23.8 Å². The van der Waals surface area contributed by atoms with Crippen molar-refractivity contribution in [2.45, 2.75) is 56.3 Å². The van der Waals surface area contributed by atoms with Crippen LogP contribution in [-0.4, -0.2) is 81.0 Å². The molecule has 0 radical (unpaired) electrons. The number of hydrogen-bond donors (Lipinski definition) is 3. The van der Waals surface area contributed by atoms with Gasteiger partial charge in [-0.05, 0) is 32.1 Å². The second-order valence-corrected chi connectivity index (χ2v) is 9.72. The van der Waals surface area contributed by atoms with Crippen molar-refractivity contribution in [3.8, 4) is 0 Å². The van der Waals surface area contributed by atoms with Gasteiger partial charge >= 0.3 is 6.09 Å². The molecule has 1 aromatic carbocycles. The normalized spacial score (nSPS) is 16.8. The minimum atomic E-state index is -1.10. The zero-order chi connectivity index (χ0) is 25.4. The number of nitrogens with one attached hydrogen (secondary N) is 1. The summed E-state index contributed by atoms with van der Waals surface area (Å²) in [7, 11) is 0. The molecule has 12 heteroatoms. The van der Waals surface area contributed by atoms with Gasteiger partial charge in [-0.3, -0.25) is 4.79 Å². The van der Waals surface area contributed by atoms with Crippen LogP contribution in [0.2, 0.25) is 0 Å². The summed E-state index contributed by atoms with van der Waals surface area (Å²) in [6.45, 7) is 4.87. The molecule has 2 atom stereocenters. The van der Waals surface area contributed by atoms with Gasteiger partial charge in [0.25, 0.3) is 0 Å². The number of amides is 2. The Morgan fingerprint density at radius 1 is 1.31 bits per heavy atom. The van der Waals surface area contributed by atoms with E-state index in [1.807, 2.05) is 36.6 Å². The van der Waals surface area contributed by atoms with E-state index in [1.165, 1.54) is 16.7 Å². The van der Waals surface area contributed by atoms with E-state index in [9.17, 15) is 14.7 Å². The Bertz CT molecular complexity index is 981. The fourth-order valence-corrected chi connectivity index (χ4v) is 4.06. The summed E-state index contributed by atoms with van der Waals surface area (Å²) in [5.41, 5.74) is 5.90. The van der Waals surface area contributed by atoms with Crippen molar-refractivity contribution in [2.75, 3.05) is 32.6 Å². The second-order valence-electron chi connectivity index (χ2n) is 8.95. The van der Waals surface area contributed by atoms with Crippen LogP contribution in [0.4, 0.5) is 4.79 Å². The molecule has 0 bridgehead atoms. The van der Waals surface area contributed by atoms with Crippen LogP contribution in [0.5, 0.6) is 0 Å². The Morgan fingerprint density at radius 3 is 2.69 bits per heavy atom. The third-order valence-electron chi connectivity index (χ3n) is 5.49. The highest BCUT2D eigenvalue weighted by Crippen LogP contribution is 2.20. The number of β-amino-alcohol motifs (C(OH)–C–C–N with tert-alkyl or cyclic N) is 1. The summed E-state index contributed by atoms with van der Waals surface area (Å²) in [4.78, 5) is 26.5. The molecule has 0 saturated carbocycles. The van der Waals surface area contributed by atoms with Gasteiger partial charge in [-0.1, -0.05) is 42.1 Å². The van der Waals surface area contributed by atoms with Crippen molar-refractivity contribution in [1.29, 1.82) is 0 Å². The van der Waals surface area contributed by atoms with E-state index in [0.717, 1.165) is 5.56 Å². The Balaban J connectivity index is 1.70. The Labute approximate surface area is 209 Å². The first-order valence-corrected chi connectivity index (χ1v) is 12.7. The summed E-state index contributed by atoms with van der Waals surface area (Å²) in [6, 6.07) is 9.09. The molecule has 2 heterocycles. The average Bonchev–Trinajstić information content (AvgIpc) is 3.44. The van der Waals surface area contributed by atoms with Crippen LogP contribution >= 0.6 is 11.8 Å². The third-order valence-corrected chi connectivity index (χ3v) is 6.16. The number of thioether (sulfide) groups is 1. The summed E-state index contributed by atoms with van der Waals surface area (Å²) < 4.78 is 13.1. The van der Waals surface area contributed by atoms with Crippen molar-refractivity contribution in [3.63, 3.8) is 0 Å². The lowest BCUT2D eigenvalue weighted by Crippen LogP contribution is -2.51. The SMILES string of the molecule is CSc1nnc(C(COCc2ccccc2)NC(=O)C(C)(C)N)n1CCOC(=O)N1CCC(O)C1. The fourth-order valence-electron chi connectivity index (χ4n) is 3.54. The molecular weight excluding hydrogens is 472 g/mol. The molecule has 1 aromatic heterocycles. The number of likely N-dealkylation sites (tertiary alicyclic amines) is 1. The van der Waals surface area contributed by atoms with Crippen LogP contribution in [0.25, 0.3) is 0 Å². The zero-order valence-electron chi connectivity index (χ0n) is 20.3. The van der Waals surface area contributed by atoms with Gasteiger partial charge < -0.3 is 35.1 Å². The van der Waals surface area contributed by atoms with E-state index in [0.29, 0.717) is 30.6 Å². The minimum Gasteiger partial charge on any atom is -0.448 e. The van der Waals surface area contributed by atoms with Crippen LogP contribution in [0.1, 0.15) is 37.7 Å². The summed E-state index contributed by atoms with van der Waals surface area (Å²) in [5, 5.41) is 21.7. The predicted molar refractivity (Wildman–Crippen MR) is 131 cm³/mol. The van der Waals surface area contributed by atoms with Crippen LogP contribution in [0.15, 0.2) is 35.5 Å². The molecule has 1 aliphatic heterocycles. The van der Waals surface area contributed by atoms with Crippen molar-refractivity contribution >= 4 is 23.8 Å². The van der Waals surface area contributed by atoms with Gasteiger partial charge in [0, 0.05) is 13.1 Å². The van der Waals surface area contributed by atoms with Gasteiger partial charge in [0.05, 0.1) is 31.4 Å². The van der Waals surface area contributed by atoms with E-state index in [4.69, 9.17) is 15.2 Å². The first kappa shape index (κ1) is 26.9. The standard InChI is InChI=1S/C23H34N6O5S/c1-23(2,24)20(31)25-18(15-33-14-16-7-5-4-6-8-16)19-26-27-21(35-3)29(19)11-12-34-22(32)28-10-9-17(30)13-28/h4-8,17-18,30H,9-15,24H2,1-3H3,(H,25,31). The highest BCUT2D eigenvalue weighted by atomic mass is 32.2. The van der Waals surface area contributed by atoms with Crippen LogP contribution in [0, 0.1) is 0 Å². The Kier molecular flexibility index (Phi) is 9.49. The number of aliphatic hydroxyl groups excluding tert-OH is 1. The lowest BCUT2D eigenvalue weighted by molar-refractivity contribution is -0.126. The molecule has 1 fully saturated rings. The van der Waals surface area contributed by atoms with Gasteiger partial charge in [-0.2, -0.15) is 0 Å². The monoisotopic (exact) mass is 506 g/mol. The number of nitrogens with two attached hydrogens (primary N) is 1. The molecular formula is C23H34N6O5S. The largest absolute Gasteiger partial charge is 0.448 e. The summed E-state index contributed by atoms with van der Waals surface area (Å²) in [6.07, 6.45) is 1.43. The Hall–Kier alpha value is -2.67. The van der Waals surface area contributed by atoms with Crippen LogP contribution in [-0.2, 0) is 27.4 Å². The highest BCUT2D eigenvalue weighted by molar-refractivity contribution is 7.98. The van der Waals surface area contributed by atoms with Crippen molar-refractivity contribution in [3.05, 3.63) is 41.7 Å². The van der Waals surface area contributed by atoms with Gasteiger partial charge in [-0.25, -0.2) is 4.79 Å². The third kappa shape index (κ3) is 7.66. The number of nitrogens with zero attached hydrogens (tertiary/aromatic N) is 4. The van der Waals surface area contributed by atoms with Crippen molar-refractivity contribution in [2.24, 2.45) is 5.73 Å². The van der Waals surface area contributed by atoms with E-state index in [2.05, 4.69) is 15.5 Å². The molecule has 2 amide bonds. The van der Waals surface area contributed by atoms with E-state index >= 15 is 0 Å². The Morgan fingerprint density at radius 2 is 2.06 bits per heavy atom. The quantitative estimate of drug-likeness (QED) is 0.384. The number of benzene rings is 1. The molecule has 11 nitrogen and oxygen atoms in total. The molecule has 2 aromatic rings. The molecule has 1 aliphatic rings.